The van der Waals surface area contributed by atoms with Gasteiger partial charge in [0.25, 0.3) is 5.22 Å². The number of nitrogens with zero attached hydrogens (tertiary/aromatic N) is 2. The zero-order chi connectivity index (χ0) is 15.4. The van der Waals surface area contributed by atoms with Crippen molar-refractivity contribution in [2.24, 2.45) is 0 Å². The number of hydrogen-bond donors (Lipinski definition) is 0. The van der Waals surface area contributed by atoms with E-state index < -0.39 is 0 Å². The zero-order valence-electron chi connectivity index (χ0n) is 12.4. The van der Waals surface area contributed by atoms with E-state index in [-0.39, 0.29) is 17.3 Å². The van der Waals surface area contributed by atoms with Crippen LogP contribution in [-0.2, 0) is 22.4 Å². The average molecular weight is 318 g/mol. The highest BCUT2D eigenvalue weighted by Gasteiger charge is 2.34. The first kappa shape index (κ1) is 15.1. The van der Waals surface area contributed by atoms with Gasteiger partial charge < -0.3 is 9.15 Å². The van der Waals surface area contributed by atoms with Crippen molar-refractivity contribution in [1.82, 2.24) is 10.2 Å². The molecule has 1 aromatic carbocycles. The summed E-state index contributed by atoms with van der Waals surface area (Å²) >= 11 is 1.30. The second kappa shape index (κ2) is 6.96. The van der Waals surface area contributed by atoms with Gasteiger partial charge in [0.05, 0.1) is 0 Å². The second-order valence-electron chi connectivity index (χ2n) is 5.39. The molecule has 5 nitrogen and oxygen atoms in total. The number of aromatic nitrogens is 2. The van der Waals surface area contributed by atoms with Crippen LogP contribution in [0.15, 0.2) is 40.0 Å². The van der Waals surface area contributed by atoms with E-state index in [0.29, 0.717) is 17.5 Å². The van der Waals surface area contributed by atoms with E-state index in [9.17, 15) is 4.79 Å². The van der Waals surface area contributed by atoms with Crippen LogP contribution in [0.5, 0.6) is 0 Å². The van der Waals surface area contributed by atoms with Crippen molar-refractivity contribution >= 4 is 17.7 Å². The summed E-state index contributed by atoms with van der Waals surface area (Å²) in [6.07, 6.45) is 3.35. The Balaban J connectivity index is 1.48. The van der Waals surface area contributed by atoms with Gasteiger partial charge in [-0.3, -0.25) is 4.79 Å². The molecule has 2 heterocycles. The average Bonchev–Trinajstić information content (AvgIpc) is 3.07. The summed E-state index contributed by atoms with van der Waals surface area (Å²) < 4.78 is 10.7. The number of carbonyl (C=O) groups excluding carboxylic acids is 1. The van der Waals surface area contributed by atoms with Crippen LogP contribution < -0.4 is 0 Å². The highest BCUT2D eigenvalue weighted by Crippen LogP contribution is 2.31. The van der Waals surface area contributed by atoms with Gasteiger partial charge in [0.1, 0.15) is 11.4 Å². The quantitative estimate of drug-likeness (QED) is 0.763. The van der Waals surface area contributed by atoms with E-state index in [1.54, 1.807) is 0 Å². The predicted octanol–water partition coefficient (Wildman–Crippen LogP) is 3.04. The molecule has 0 N–H and O–H groups in total. The van der Waals surface area contributed by atoms with Crippen LogP contribution in [0.25, 0.3) is 0 Å². The van der Waals surface area contributed by atoms with Gasteiger partial charge in [-0.05, 0) is 37.1 Å². The van der Waals surface area contributed by atoms with Gasteiger partial charge in [-0.1, -0.05) is 30.3 Å². The van der Waals surface area contributed by atoms with E-state index in [1.165, 1.54) is 17.3 Å². The third-order valence-electron chi connectivity index (χ3n) is 3.52. The Bertz CT molecular complexity index is 629. The first-order valence-electron chi connectivity index (χ1n) is 7.44. The molecule has 116 valence electrons. The predicted molar refractivity (Wildman–Crippen MR) is 82.6 cm³/mol. The maximum absolute atomic E-state index is 11.6. The van der Waals surface area contributed by atoms with Gasteiger partial charge in [0.15, 0.2) is 0 Å². The molecule has 2 atom stereocenters. The minimum Gasteiger partial charge on any atom is -0.462 e. The van der Waals surface area contributed by atoms with E-state index in [4.69, 9.17) is 9.15 Å². The summed E-state index contributed by atoms with van der Waals surface area (Å²) in [5.74, 6) is 0.430. The Morgan fingerprint density at radius 3 is 2.77 bits per heavy atom. The largest absolute Gasteiger partial charge is 0.462 e. The number of esters is 1. The minimum absolute atomic E-state index is 0.0294. The van der Waals surface area contributed by atoms with Gasteiger partial charge in [-0.2, -0.15) is 0 Å². The molecule has 1 aliphatic rings. The van der Waals surface area contributed by atoms with Gasteiger partial charge in [0.2, 0.25) is 5.89 Å². The first-order chi connectivity index (χ1) is 10.7. The smallest absolute Gasteiger partial charge is 0.320 e. The van der Waals surface area contributed by atoms with Crippen LogP contribution in [-0.4, -0.2) is 27.5 Å². The lowest BCUT2D eigenvalue weighted by atomic mass is 10.1. The summed E-state index contributed by atoms with van der Waals surface area (Å²) in [4.78, 5) is 11.6. The molecule has 0 saturated carbocycles. The number of hydrogen-bond acceptors (Lipinski definition) is 6. The molecule has 0 bridgehead atoms. The van der Waals surface area contributed by atoms with Crippen molar-refractivity contribution in [2.75, 3.05) is 0 Å². The molecule has 0 amide bonds. The van der Waals surface area contributed by atoms with Crippen LogP contribution >= 0.6 is 11.8 Å². The monoisotopic (exact) mass is 318 g/mol. The molecule has 3 rings (SSSR count). The summed E-state index contributed by atoms with van der Waals surface area (Å²) in [6, 6.07) is 10.3. The molecule has 0 radical (unpaired) electrons. The first-order valence-corrected chi connectivity index (χ1v) is 8.32. The van der Waals surface area contributed by atoms with Gasteiger partial charge >= 0.3 is 5.97 Å². The molecule has 2 aromatic rings. The third kappa shape index (κ3) is 3.88. The molecule has 1 fully saturated rings. The Kier molecular flexibility index (Phi) is 4.77. The van der Waals surface area contributed by atoms with Crippen molar-refractivity contribution in [1.29, 1.82) is 0 Å². The van der Waals surface area contributed by atoms with Crippen molar-refractivity contribution in [3.8, 4) is 0 Å². The van der Waals surface area contributed by atoms with Crippen LogP contribution in [0, 0.1) is 0 Å². The molecular weight excluding hydrogens is 300 g/mol. The van der Waals surface area contributed by atoms with E-state index >= 15 is 0 Å². The lowest BCUT2D eigenvalue weighted by molar-refractivity contribution is -0.140. The van der Waals surface area contributed by atoms with Crippen LogP contribution in [0.3, 0.4) is 0 Å². The summed E-state index contributed by atoms with van der Waals surface area (Å²) in [6.45, 7) is 1.89. The maximum Gasteiger partial charge on any atom is 0.320 e. The topological polar surface area (TPSA) is 65.2 Å². The second-order valence-corrected chi connectivity index (χ2v) is 6.54. The number of thioether (sulfide) groups is 1. The fraction of sp³-hybridized carbons (Fsp3) is 0.438. The van der Waals surface area contributed by atoms with Crippen molar-refractivity contribution in [3.05, 3.63) is 41.8 Å². The fourth-order valence-corrected chi connectivity index (χ4v) is 3.41. The Labute approximate surface area is 133 Å². The SMILES string of the molecule is C[C@@H]1C[C@H](Sc2nnc(CCCc3ccccc3)o2)C(=O)O1. The molecule has 0 spiro atoms. The maximum atomic E-state index is 11.6. The van der Waals surface area contributed by atoms with Crippen molar-refractivity contribution < 1.29 is 13.9 Å². The number of ether oxygens (including phenoxy) is 1. The summed E-state index contributed by atoms with van der Waals surface area (Å²) in [5.41, 5.74) is 1.30. The Morgan fingerprint density at radius 2 is 2.05 bits per heavy atom. The molecule has 0 unspecified atom stereocenters. The number of benzene rings is 1. The molecule has 22 heavy (non-hydrogen) atoms. The zero-order valence-corrected chi connectivity index (χ0v) is 13.2. The lowest BCUT2D eigenvalue weighted by Crippen LogP contribution is -2.09. The van der Waals surface area contributed by atoms with Crippen LogP contribution in [0.4, 0.5) is 0 Å². The van der Waals surface area contributed by atoms with Gasteiger partial charge in [0, 0.05) is 12.8 Å². The van der Waals surface area contributed by atoms with Gasteiger partial charge in [-0.15, -0.1) is 10.2 Å². The normalized spacial score (nSPS) is 21.0. The van der Waals surface area contributed by atoms with Crippen molar-refractivity contribution in [2.45, 2.75) is 49.2 Å². The molecule has 0 aliphatic carbocycles. The summed E-state index contributed by atoms with van der Waals surface area (Å²) in [5, 5.41) is 8.27. The van der Waals surface area contributed by atoms with Crippen LogP contribution in [0.1, 0.15) is 31.2 Å². The number of carbonyl (C=O) groups is 1. The molecule has 6 heteroatoms. The number of rotatable bonds is 6. The lowest BCUT2D eigenvalue weighted by Gasteiger charge is -2.00. The molecule has 1 aliphatic heterocycles. The van der Waals surface area contributed by atoms with Crippen LogP contribution in [0.2, 0.25) is 0 Å². The fourth-order valence-electron chi connectivity index (χ4n) is 2.41. The van der Waals surface area contributed by atoms with E-state index in [2.05, 4.69) is 22.3 Å². The molecule has 1 aromatic heterocycles. The number of aryl methyl sites for hydroxylation is 2. The van der Waals surface area contributed by atoms with Gasteiger partial charge in [-0.25, -0.2) is 0 Å². The summed E-state index contributed by atoms with van der Waals surface area (Å²) in [7, 11) is 0. The highest BCUT2D eigenvalue weighted by molar-refractivity contribution is 8.00. The Hall–Kier alpha value is -1.82. The highest BCUT2D eigenvalue weighted by atomic mass is 32.2. The number of cyclic esters (lactones) is 1. The molecule has 1 saturated heterocycles. The van der Waals surface area contributed by atoms with E-state index in [1.807, 2.05) is 25.1 Å². The standard InChI is InChI=1S/C16H18N2O3S/c1-11-10-13(15(19)20-11)22-16-18-17-14(21-16)9-5-8-12-6-3-2-4-7-12/h2-4,6-7,11,13H,5,8-10H2,1H3/t11-,13+/m1/s1. The third-order valence-corrected chi connectivity index (χ3v) is 4.55. The minimum atomic E-state index is -0.229. The Morgan fingerprint density at radius 1 is 1.23 bits per heavy atom. The molecular formula is C16H18N2O3S. The van der Waals surface area contributed by atoms with Crippen molar-refractivity contribution in [3.63, 3.8) is 0 Å². The van der Waals surface area contributed by atoms with E-state index in [0.717, 1.165) is 19.3 Å².